The molecule has 1 aliphatic heterocycles. The van der Waals surface area contributed by atoms with Crippen LogP contribution < -0.4 is 5.32 Å². The second-order valence-electron chi connectivity index (χ2n) is 7.37. The number of aryl methyl sites for hydroxylation is 3. The van der Waals surface area contributed by atoms with Gasteiger partial charge in [0.1, 0.15) is 10.6 Å². The molecule has 1 aromatic carbocycles. The van der Waals surface area contributed by atoms with Crippen LogP contribution in [0.25, 0.3) is 0 Å². The molecule has 0 bridgehead atoms. The van der Waals surface area contributed by atoms with E-state index in [1.807, 2.05) is 6.92 Å². The van der Waals surface area contributed by atoms with Crippen LogP contribution in [0.2, 0.25) is 0 Å². The molecule has 1 amide bonds. The lowest BCUT2D eigenvalue weighted by Gasteiger charge is -2.31. The number of aromatic nitrogens is 1. The summed E-state index contributed by atoms with van der Waals surface area (Å²) in [6.45, 7) is 5.33. The first-order valence-corrected chi connectivity index (χ1v) is 11.0. The van der Waals surface area contributed by atoms with Gasteiger partial charge in [0.2, 0.25) is 15.9 Å². The Bertz CT molecular complexity index is 1060. The third-order valence-electron chi connectivity index (χ3n) is 5.24. The van der Waals surface area contributed by atoms with Crippen molar-refractivity contribution < 1.29 is 27.3 Å². The SMILES string of the molecule is COC(=O)c1ccc(C)c(NC(=O)C2CCCN(S(=O)(=O)c3c(C)noc3C)C2)c1. The van der Waals surface area contributed by atoms with E-state index in [9.17, 15) is 18.0 Å². The molecule has 2 aromatic rings. The van der Waals surface area contributed by atoms with Crippen molar-refractivity contribution >= 4 is 27.6 Å². The topological polar surface area (TPSA) is 119 Å². The molecular formula is C20H25N3O6S. The average molecular weight is 436 g/mol. The summed E-state index contributed by atoms with van der Waals surface area (Å²) in [4.78, 5) is 24.7. The van der Waals surface area contributed by atoms with Gasteiger partial charge < -0.3 is 14.6 Å². The molecule has 1 aliphatic rings. The smallest absolute Gasteiger partial charge is 0.337 e. The molecule has 1 fully saturated rings. The van der Waals surface area contributed by atoms with Crippen LogP contribution in [0.15, 0.2) is 27.6 Å². The number of rotatable bonds is 5. The van der Waals surface area contributed by atoms with Gasteiger partial charge in [-0.15, -0.1) is 0 Å². The lowest BCUT2D eigenvalue weighted by atomic mass is 9.98. The number of hydrogen-bond donors (Lipinski definition) is 1. The average Bonchev–Trinajstić information content (AvgIpc) is 3.07. The normalized spacial score (nSPS) is 17.5. The molecule has 0 aliphatic carbocycles. The van der Waals surface area contributed by atoms with E-state index in [4.69, 9.17) is 9.26 Å². The summed E-state index contributed by atoms with van der Waals surface area (Å²) in [6.07, 6.45) is 1.12. The predicted octanol–water partition coefficient (Wildman–Crippen LogP) is 2.43. The molecule has 1 aromatic heterocycles. The van der Waals surface area contributed by atoms with Gasteiger partial charge in [0.15, 0.2) is 5.76 Å². The van der Waals surface area contributed by atoms with Gasteiger partial charge in [-0.3, -0.25) is 4.79 Å². The van der Waals surface area contributed by atoms with Gasteiger partial charge in [0, 0.05) is 18.8 Å². The molecule has 10 heteroatoms. The fourth-order valence-electron chi connectivity index (χ4n) is 3.58. The fraction of sp³-hybridized carbons (Fsp3) is 0.450. The predicted molar refractivity (Wildman–Crippen MR) is 109 cm³/mol. The summed E-state index contributed by atoms with van der Waals surface area (Å²) in [6, 6.07) is 4.90. The van der Waals surface area contributed by atoms with Crippen LogP contribution in [0, 0.1) is 26.7 Å². The van der Waals surface area contributed by atoms with Gasteiger partial charge in [0.25, 0.3) is 0 Å². The summed E-state index contributed by atoms with van der Waals surface area (Å²) in [5.74, 6) is -1.08. The van der Waals surface area contributed by atoms with E-state index < -0.39 is 21.9 Å². The van der Waals surface area contributed by atoms with Crippen LogP contribution in [-0.2, 0) is 19.6 Å². The van der Waals surface area contributed by atoms with E-state index in [0.29, 0.717) is 36.3 Å². The lowest BCUT2D eigenvalue weighted by Crippen LogP contribution is -2.44. The zero-order valence-electron chi connectivity index (χ0n) is 17.4. The van der Waals surface area contributed by atoms with Crippen molar-refractivity contribution in [1.82, 2.24) is 9.46 Å². The lowest BCUT2D eigenvalue weighted by molar-refractivity contribution is -0.120. The van der Waals surface area contributed by atoms with Crippen LogP contribution >= 0.6 is 0 Å². The van der Waals surface area contributed by atoms with Crippen molar-refractivity contribution in [3.05, 3.63) is 40.8 Å². The zero-order valence-corrected chi connectivity index (χ0v) is 18.2. The largest absolute Gasteiger partial charge is 0.465 e. The molecule has 1 saturated heterocycles. The Morgan fingerprint density at radius 2 is 2.00 bits per heavy atom. The van der Waals surface area contributed by atoms with Crippen molar-refractivity contribution in [2.75, 3.05) is 25.5 Å². The third kappa shape index (κ3) is 4.24. The highest BCUT2D eigenvalue weighted by molar-refractivity contribution is 7.89. The number of carbonyl (C=O) groups excluding carboxylic acids is 2. The quantitative estimate of drug-likeness (QED) is 0.716. The van der Waals surface area contributed by atoms with E-state index in [1.165, 1.54) is 11.4 Å². The van der Waals surface area contributed by atoms with Crippen LogP contribution in [-0.4, -0.2) is 50.0 Å². The minimum atomic E-state index is -3.81. The van der Waals surface area contributed by atoms with Crippen molar-refractivity contribution in [3.63, 3.8) is 0 Å². The number of esters is 1. The minimum absolute atomic E-state index is 0.0604. The molecule has 9 nitrogen and oxygen atoms in total. The van der Waals surface area contributed by atoms with Crippen LogP contribution in [0.1, 0.15) is 40.2 Å². The second-order valence-corrected chi connectivity index (χ2v) is 9.24. The number of ether oxygens (including phenoxy) is 1. The number of carbonyl (C=O) groups is 2. The number of anilines is 1. The Kier molecular flexibility index (Phi) is 6.27. The molecule has 0 radical (unpaired) electrons. The van der Waals surface area contributed by atoms with E-state index in [1.54, 1.807) is 32.0 Å². The molecule has 1 N–H and O–H groups in total. The maximum atomic E-state index is 13.1. The molecule has 0 spiro atoms. The number of methoxy groups -OCH3 is 1. The first-order valence-electron chi connectivity index (χ1n) is 9.58. The van der Waals surface area contributed by atoms with Crippen molar-refractivity contribution in [2.45, 2.75) is 38.5 Å². The van der Waals surface area contributed by atoms with Crippen molar-refractivity contribution in [2.24, 2.45) is 5.92 Å². The van der Waals surface area contributed by atoms with Crippen LogP contribution in [0.5, 0.6) is 0 Å². The van der Waals surface area contributed by atoms with Crippen molar-refractivity contribution in [1.29, 1.82) is 0 Å². The van der Waals surface area contributed by atoms with E-state index in [-0.39, 0.29) is 23.1 Å². The highest BCUT2D eigenvalue weighted by Gasteiger charge is 2.36. The summed E-state index contributed by atoms with van der Waals surface area (Å²) in [5.41, 5.74) is 1.90. The Morgan fingerprint density at radius 1 is 1.27 bits per heavy atom. The molecule has 2 heterocycles. The van der Waals surface area contributed by atoms with Gasteiger partial charge in [-0.2, -0.15) is 4.31 Å². The van der Waals surface area contributed by atoms with Gasteiger partial charge in [0.05, 0.1) is 18.6 Å². The highest BCUT2D eigenvalue weighted by Crippen LogP contribution is 2.28. The Labute approximate surface area is 175 Å². The third-order valence-corrected chi connectivity index (χ3v) is 7.35. The molecule has 1 unspecified atom stereocenters. The molecule has 162 valence electrons. The first-order chi connectivity index (χ1) is 14.1. The first kappa shape index (κ1) is 22.0. The summed E-state index contributed by atoms with van der Waals surface area (Å²) in [5, 5.41) is 6.56. The van der Waals surface area contributed by atoms with E-state index in [2.05, 4.69) is 10.5 Å². The Morgan fingerprint density at radius 3 is 2.63 bits per heavy atom. The molecule has 3 rings (SSSR count). The Hall–Kier alpha value is -2.72. The van der Waals surface area contributed by atoms with E-state index in [0.717, 1.165) is 5.56 Å². The standard InChI is InChI=1S/C20H25N3O6S/c1-12-7-8-15(20(25)28-4)10-17(12)21-19(24)16-6-5-9-23(11-16)30(26,27)18-13(2)22-29-14(18)3/h7-8,10,16H,5-6,9,11H2,1-4H3,(H,21,24). The number of hydrogen-bond acceptors (Lipinski definition) is 7. The zero-order chi connectivity index (χ0) is 22.1. The summed E-state index contributed by atoms with van der Waals surface area (Å²) >= 11 is 0. The van der Waals surface area contributed by atoms with Crippen LogP contribution in [0.4, 0.5) is 5.69 Å². The summed E-state index contributed by atoms with van der Waals surface area (Å²) < 4.78 is 37.2. The maximum Gasteiger partial charge on any atom is 0.337 e. The maximum absolute atomic E-state index is 13.1. The Balaban J connectivity index is 1.78. The molecule has 1 atom stereocenters. The number of sulfonamides is 1. The molecular weight excluding hydrogens is 410 g/mol. The number of piperidine rings is 1. The highest BCUT2D eigenvalue weighted by atomic mass is 32.2. The molecule has 30 heavy (non-hydrogen) atoms. The summed E-state index contributed by atoms with van der Waals surface area (Å²) in [7, 11) is -2.52. The van der Waals surface area contributed by atoms with Crippen LogP contribution in [0.3, 0.4) is 0 Å². The number of nitrogens with zero attached hydrogens (tertiary/aromatic N) is 2. The van der Waals surface area contributed by atoms with Crippen molar-refractivity contribution in [3.8, 4) is 0 Å². The fourth-order valence-corrected chi connectivity index (χ4v) is 5.40. The second kappa shape index (κ2) is 8.57. The number of benzene rings is 1. The number of amides is 1. The van der Waals surface area contributed by atoms with Gasteiger partial charge in [-0.05, 0) is 51.3 Å². The van der Waals surface area contributed by atoms with E-state index >= 15 is 0 Å². The van der Waals surface area contributed by atoms with Gasteiger partial charge in [-0.1, -0.05) is 11.2 Å². The number of nitrogens with one attached hydrogen (secondary N) is 1. The molecule has 0 saturated carbocycles. The van der Waals surface area contributed by atoms with Gasteiger partial charge >= 0.3 is 5.97 Å². The minimum Gasteiger partial charge on any atom is -0.465 e. The van der Waals surface area contributed by atoms with Gasteiger partial charge in [-0.25, -0.2) is 13.2 Å². The monoisotopic (exact) mass is 435 g/mol.